The van der Waals surface area contributed by atoms with Crippen LogP contribution in [0.5, 0.6) is 0 Å². The van der Waals surface area contributed by atoms with Gasteiger partial charge in [-0.25, -0.2) is 0 Å². The van der Waals surface area contributed by atoms with E-state index in [-0.39, 0.29) is 0 Å². The van der Waals surface area contributed by atoms with Gasteiger partial charge in [-0.15, -0.1) is 0 Å². The molecule has 0 radical (unpaired) electrons. The summed E-state index contributed by atoms with van der Waals surface area (Å²) in [6.45, 7) is 12.4. The van der Waals surface area contributed by atoms with Crippen LogP contribution in [0.2, 0.25) is 0 Å². The number of hydrogen-bond donors (Lipinski definition) is 0. The lowest BCUT2D eigenvalue weighted by Crippen LogP contribution is -2.55. The summed E-state index contributed by atoms with van der Waals surface area (Å²) in [5.41, 5.74) is 0. The molecular weight excluding hydrogens is 200 g/mol. The third-order valence-electron chi connectivity index (χ3n) is 3.90. The van der Waals surface area contributed by atoms with Crippen LogP contribution in [0.1, 0.15) is 33.6 Å². The molecule has 3 heteroatoms. The number of piperazine rings is 1. The van der Waals surface area contributed by atoms with Gasteiger partial charge in [0.2, 0.25) is 0 Å². The molecule has 0 aromatic carbocycles. The lowest BCUT2D eigenvalue weighted by molar-refractivity contribution is 0.0147. The minimum absolute atomic E-state index is 0.364. The molecule has 2 atom stereocenters. The zero-order chi connectivity index (χ0) is 11.5. The van der Waals surface area contributed by atoms with E-state index in [1.165, 1.54) is 32.5 Å². The zero-order valence-electron chi connectivity index (χ0n) is 11.0. The number of nitrogens with zero attached hydrogens (tertiary/aromatic N) is 2. The Hall–Kier alpha value is -0.120. The summed E-state index contributed by atoms with van der Waals surface area (Å²) in [6, 6.07) is 1.53. The normalized spacial score (nSPS) is 32.2. The summed E-state index contributed by atoms with van der Waals surface area (Å²) in [7, 11) is 0. The maximum Gasteiger partial charge on any atom is 0.0597 e. The van der Waals surface area contributed by atoms with Gasteiger partial charge in [0.1, 0.15) is 0 Å². The molecule has 0 aromatic rings. The molecule has 16 heavy (non-hydrogen) atoms. The van der Waals surface area contributed by atoms with Crippen molar-refractivity contribution >= 4 is 0 Å². The summed E-state index contributed by atoms with van der Waals surface area (Å²) in [5.74, 6) is 0. The second-order valence-electron chi connectivity index (χ2n) is 5.55. The van der Waals surface area contributed by atoms with Gasteiger partial charge in [0, 0.05) is 31.7 Å². The van der Waals surface area contributed by atoms with Gasteiger partial charge >= 0.3 is 0 Å². The molecule has 0 saturated carbocycles. The molecule has 0 aliphatic carbocycles. The first kappa shape index (κ1) is 12.3. The van der Waals surface area contributed by atoms with Gasteiger partial charge in [-0.2, -0.15) is 0 Å². The molecule has 2 unspecified atom stereocenters. The Kier molecular flexibility index (Phi) is 4.22. The second kappa shape index (κ2) is 5.48. The highest BCUT2D eigenvalue weighted by Crippen LogP contribution is 2.24. The van der Waals surface area contributed by atoms with Crippen molar-refractivity contribution in [3.8, 4) is 0 Å². The van der Waals surface area contributed by atoms with Crippen molar-refractivity contribution in [2.24, 2.45) is 0 Å². The molecule has 0 amide bonds. The molecule has 3 nitrogen and oxygen atoms in total. The van der Waals surface area contributed by atoms with Crippen LogP contribution in [0, 0.1) is 0 Å². The van der Waals surface area contributed by atoms with Gasteiger partial charge in [-0.1, -0.05) is 0 Å². The Morgan fingerprint density at radius 1 is 1.31 bits per heavy atom. The Balaban J connectivity index is 1.76. The highest BCUT2D eigenvalue weighted by molar-refractivity contribution is 4.90. The second-order valence-corrected chi connectivity index (χ2v) is 5.55. The van der Waals surface area contributed by atoms with Crippen molar-refractivity contribution in [1.29, 1.82) is 0 Å². The van der Waals surface area contributed by atoms with Crippen LogP contribution < -0.4 is 0 Å². The standard InChI is InChI=1S/C13H26N2O/c1-11(2)16-8-7-14-10-13-5-4-6-15(13)9-12(14)3/h11-13H,4-10H2,1-3H3. The molecule has 2 aliphatic rings. The van der Waals surface area contributed by atoms with Gasteiger partial charge in [0.15, 0.2) is 0 Å². The summed E-state index contributed by atoms with van der Waals surface area (Å²) in [6.07, 6.45) is 3.16. The average Bonchev–Trinajstić information content (AvgIpc) is 2.64. The van der Waals surface area contributed by atoms with Crippen molar-refractivity contribution in [2.75, 3.05) is 32.8 Å². The Labute approximate surface area is 99.7 Å². The molecule has 0 spiro atoms. The third kappa shape index (κ3) is 2.96. The van der Waals surface area contributed by atoms with E-state index in [0.717, 1.165) is 19.2 Å². The van der Waals surface area contributed by atoms with E-state index in [1.54, 1.807) is 0 Å². The first-order chi connectivity index (χ1) is 7.66. The van der Waals surface area contributed by atoms with Gasteiger partial charge in [-0.3, -0.25) is 9.80 Å². The predicted molar refractivity (Wildman–Crippen MR) is 66.7 cm³/mol. The highest BCUT2D eigenvalue weighted by Gasteiger charge is 2.33. The molecule has 2 aliphatic heterocycles. The van der Waals surface area contributed by atoms with E-state index in [1.807, 2.05) is 0 Å². The van der Waals surface area contributed by atoms with Gasteiger partial charge in [0.05, 0.1) is 12.7 Å². The van der Waals surface area contributed by atoms with Gasteiger partial charge in [0.25, 0.3) is 0 Å². The van der Waals surface area contributed by atoms with E-state index in [9.17, 15) is 0 Å². The third-order valence-corrected chi connectivity index (χ3v) is 3.90. The minimum Gasteiger partial charge on any atom is -0.377 e. The number of hydrogen-bond acceptors (Lipinski definition) is 3. The lowest BCUT2D eigenvalue weighted by atomic mass is 10.1. The number of ether oxygens (including phenoxy) is 1. The predicted octanol–water partition coefficient (Wildman–Crippen LogP) is 1.58. The van der Waals surface area contributed by atoms with Crippen molar-refractivity contribution in [1.82, 2.24) is 9.80 Å². The van der Waals surface area contributed by atoms with Crippen molar-refractivity contribution < 1.29 is 4.74 Å². The highest BCUT2D eigenvalue weighted by atomic mass is 16.5. The molecule has 2 saturated heterocycles. The molecule has 0 N–H and O–H groups in total. The van der Waals surface area contributed by atoms with E-state index in [4.69, 9.17) is 4.74 Å². The fourth-order valence-corrected chi connectivity index (χ4v) is 2.97. The van der Waals surface area contributed by atoms with Crippen molar-refractivity contribution in [3.05, 3.63) is 0 Å². The molecular formula is C13H26N2O. The van der Waals surface area contributed by atoms with Crippen LogP contribution >= 0.6 is 0 Å². The Morgan fingerprint density at radius 2 is 2.12 bits per heavy atom. The van der Waals surface area contributed by atoms with Crippen molar-refractivity contribution in [2.45, 2.75) is 51.8 Å². The summed E-state index contributed by atoms with van der Waals surface area (Å²) >= 11 is 0. The molecule has 2 heterocycles. The summed E-state index contributed by atoms with van der Waals surface area (Å²) in [4.78, 5) is 5.28. The van der Waals surface area contributed by atoms with Crippen LogP contribution in [-0.2, 0) is 4.74 Å². The molecule has 0 bridgehead atoms. The maximum atomic E-state index is 5.65. The van der Waals surface area contributed by atoms with E-state index in [0.29, 0.717) is 12.1 Å². The quantitative estimate of drug-likeness (QED) is 0.724. The van der Waals surface area contributed by atoms with E-state index >= 15 is 0 Å². The Bertz CT molecular complexity index is 220. The maximum absolute atomic E-state index is 5.65. The Morgan fingerprint density at radius 3 is 2.88 bits per heavy atom. The monoisotopic (exact) mass is 226 g/mol. The van der Waals surface area contributed by atoms with Crippen LogP contribution in [0.25, 0.3) is 0 Å². The minimum atomic E-state index is 0.364. The topological polar surface area (TPSA) is 15.7 Å². The SMILES string of the molecule is CC(C)OCCN1CC2CCCN2CC1C. The first-order valence-electron chi connectivity index (χ1n) is 6.76. The lowest BCUT2D eigenvalue weighted by Gasteiger charge is -2.42. The van der Waals surface area contributed by atoms with Crippen LogP contribution in [0.15, 0.2) is 0 Å². The average molecular weight is 226 g/mol. The smallest absolute Gasteiger partial charge is 0.0597 e. The number of fused-ring (bicyclic) bond motifs is 1. The van der Waals surface area contributed by atoms with Crippen LogP contribution in [0.4, 0.5) is 0 Å². The molecule has 2 fully saturated rings. The number of rotatable bonds is 4. The zero-order valence-corrected chi connectivity index (χ0v) is 11.0. The van der Waals surface area contributed by atoms with E-state index in [2.05, 4.69) is 30.6 Å². The molecule has 0 aromatic heterocycles. The van der Waals surface area contributed by atoms with Crippen LogP contribution in [0.3, 0.4) is 0 Å². The summed E-state index contributed by atoms with van der Waals surface area (Å²) in [5, 5.41) is 0. The first-order valence-corrected chi connectivity index (χ1v) is 6.76. The fraction of sp³-hybridized carbons (Fsp3) is 1.00. The van der Waals surface area contributed by atoms with Gasteiger partial charge in [-0.05, 0) is 40.2 Å². The summed E-state index contributed by atoms with van der Waals surface area (Å²) < 4.78 is 5.65. The van der Waals surface area contributed by atoms with Crippen LogP contribution in [-0.4, -0.2) is 60.8 Å². The van der Waals surface area contributed by atoms with Crippen molar-refractivity contribution in [3.63, 3.8) is 0 Å². The van der Waals surface area contributed by atoms with E-state index < -0.39 is 0 Å². The van der Waals surface area contributed by atoms with Gasteiger partial charge < -0.3 is 4.74 Å². The fourth-order valence-electron chi connectivity index (χ4n) is 2.97. The largest absolute Gasteiger partial charge is 0.377 e. The molecule has 94 valence electrons. The molecule has 2 rings (SSSR count).